The molecule has 0 bridgehead atoms. The highest BCUT2D eigenvalue weighted by Gasteiger charge is 2.40. The third-order valence-electron chi connectivity index (χ3n) is 4.24. The first-order valence-electron chi connectivity index (χ1n) is 7.71. The Kier molecular flexibility index (Phi) is 4.23. The number of anilines is 1. The molecule has 1 heterocycles. The summed E-state index contributed by atoms with van der Waals surface area (Å²) in [7, 11) is 0. The first-order valence-corrected chi connectivity index (χ1v) is 8.84. The van der Waals surface area contributed by atoms with Gasteiger partial charge in [-0.3, -0.25) is 9.59 Å². The lowest BCUT2D eigenvalue weighted by atomic mass is 10.1. The van der Waals surface area contributed by atoms with E-state index in [0.717, 1.165) is 15.7 Å². The van der Waals surface area contributed by atoms with Crippen LogP contribution in [0.4, 0.5) is 5.69 Å². The van der Waals surface area contributed by atoms with Gasteiger partial charge in [0.1, 0.15) is 5.03 Å². The SMILES string of the molecule is O=C1C(Cl)=C(c2ccc(Cl)cc2Cl)C(=O)N1c1cccc2ccccc12. The maximum atomic E-state index is 13.1. The molecule has 3 aromatic carbocycles. The number of amides is 2. The van der Waals surface area contributed by atoms with Crippen LogP contribution in [-0.2, 0) is 9.59 Å². The van der Waals surface area contributed by atoms with Crippen molar-refractivity contribution in [1.29, 1.82) is 0 Å². The van der Waals surface area contributed by atoms with Crippen LogP contribution >= 0.6 is 34.8 Å². The van der Waals surface area contributed by atoms with Crippen molar-refractivity contribution in [1.82, 2.24) is 0 Å². The van der Waals surface area contributed by atoms with E-state index in [-0.39, 0.29) is 15.6 Å². The average Bonchev–Trinajstić information content (AvgIpc) is 2.84. The van der Waals surface area contributed by atoms with Crippen molar-refractivity contribution in [3.8, 4) is 0 Å². The molecule has 4 rings (SSSR count). The zero-order valence-electron chi connectivity index (χ0n) is 13.2. The zero-order valence-corrected chi connectivity index (χ0v) is 15.4. The molecule has 0 saturated heterocycles. The molecule has 26 heavy (non-hydrogen) atoms. The summed E-state index contributed by atoms with van der Waals surface area (Å²) in [5.41, 5.74) is 0.935. The lowest BCUT2D eigenvalue weighted by molar-refractivity contribution is -0.119. The van der Waals surface area contributed by atoms with E-state index in [4.69, 9.17) is 34.8 Å². The highest BCUT2D eigenvalue weighted by atomic mass is 35.5. The van der Waals surface area contributed by atoms with Gasteiger partial charge in [-0.05, 0) is 23.6 Å². The van der Waals surface area contributed by atoms with Gasteiger partial charge in [-0.2, -0.15) is 0 Å². The standard InChI is InChI=1S/C20H10Cl3NO2/c21-12-8-9-14(15(22)10-12)17-18(23)20(26)24(19(17)25)16-7-3-5-11-4-1-2-6-13(11)16/h1-10H. The monoisotopic (exact) mass is 401 g/mol. The number of hydrogen-bond donors (Lipinski definition) is 0. The van der Waals surface area contributed by atoms with E-state index in [9.17, 15) is 9.59 Å². The van der Waals surface area contributed by atoms with Gasteiger partial charge in [0.05, 0.1) is 16.3 Å². The first-order chi connectivity index (χ1) is 12.5. The van der Waals surface area contributed by atoms with Gasteiger partial charge in [-0.1, -0.05) is 77.3 Å². The molecule has 6 heteroatoms. The Bertz CT molecular complexity index is 1120. The van der Waals surface area contributed by atoms with Gasteiger partial charge in [-0.25, -0.2) is 4.90 Å². The van der Waals surface area contributed by atoms with Gasteiger partial charge < -0.3 is 0 Å². The number of imide groups is 1. The molecule has 0 atom stereocenters. The number of nitrogens with zero attached hydrogens (tertiary/aromatic N) is 1. The second-order valence-corrected chi connectivity index (χ2v) is 6.98. The van der Waals surface area contributed by atoms with Crippen molar-refractivity contribution in [3.63, 3.8) is 0 Å². The van der Waals surface area contributed by atoms with Crippen molar-refractivity contribution in [2.75, 3.05) is 4.90 Å². The van der Waals surface area contributed by atoms with Crippen LogP contribution in [0.2, 0.25) is 10.0 Å². The predicted octanol–water partition coefficient (Wildman–Crippen LogP) is 5.67. The van der Waals surface area contributed by atoms with E-state index >= 15 is 0 Å². The summed E-state index contributed by atoms with van der Waals surface area (Å²) >= 11 is 18.4. The minimum Gasteiger partial charge on any atom is -0.268 e. The summed E-state index contributed by atoms with van der Waals surface area (Å²) in [5, 5.41) is 2.22. The van der Waals surface area contributed by atoms with Crippen LogP contribution in [0.1, 0.15) is 5.56 Å². The lowest BCUT2D eigenvalue weighted by Crippen LogP contribution is -2.31. The first kappa shape index (κ1) is 17.1. The predicted molar refractivity (Wildman–Crippen MR) is 106 cm³/mol. The van der Waals surface area contributed by atoms with Crippen molar-refractivity contribution < 1.29 is 9.59 Å². The van der Waals surface area contributed by atoms with E-state index in [0.29, 0.717) is 16.3 Å². The van der Waals surface area contributed by atoms with Crippen LogP contribution in [-0.4, -0.2) is 11.8 Å². The van der Waals surface area contributed by atoms with Crippen LogP contribution in [0, 0.1) is 0 Å². The largest absolute Gasteiger partial charge is 0.277 e. The second kappa shape index (κ2) is 6.44. The molecule has 0 aromatic heterocycles. The second-order valence-electron chi connectivity index (χ2n) is 5.76. The molecule has 0 saturated carbocycles. The van der Waals surface area contributed by atoms with Gasteiger partial charge in [0, 0.05) is 16.0 Å². The van der Waals surface area contributed by atoms with Crippen molar-refractivity contribution >= 4 is 68.7 Å². The summed E-state index contributed by atoms with van der Waals surface area (Å²) in [6, 6.07) is 17.6. The maximum Gasteiger partial charge on any atom is 0.277 e. The van der Waals surface area contributed by atoms with Gasteiger partial charge in [-0.15, -0.1) is 0 Å². The minimum absolute atomic E-state index is 0.0752. The number of halogens is 3. The minimum atomic E-state index is -0.575. The Balaban J connectivity index is 1.87. The Morgan fingerprint density at radius 3 is 2.27 bits per heavy atom. The number of benzene rings is 3. The molecule has 0 radical (unpaired) electrons. The smallest absolute Gasteiger partial charge is 0.268 e. The normalized spacial score (nSPS) is 14.7. The Hall–Kier alpha value is -2.33. The lowest BCUT2D eigenvalue weighted by Gasteiger charge is -2.17. The van der Waals surface area contributed by atoms with Crippen molar-refractivity contribution in [2.24, 2.45) is 0 Å². The zero-order chi connectivity index (χ0) is 18.4. The fourth-order valence-corrected chi connectivity index (χ4v) is 3.82. The number of carbonyl (C=O) groups excluding carboxylic acids is 2. The highest BCUT2D eigenvalue weighted by Crippen LogP contribution is 2.40. The van der Waals surface area contributed by atoms with Crippen LogP contribution in [0.15, 0.2) is 65.7 Å². The molecule has 0 fully saturated rings. The summed E-state index contributed by atoms with van der Waals surface area (Å²) < 4.78 is 0. The van der Waals surface area contributed by atoms with Crippen molar-refractivity contribution in [2.45, 2.75) is 0 Å². The van der Waals surface area contributed by atoms with E-state index in [1.54, 1.807) is 24.3 Å². The number of rotatable bonds is 2. The molecule has 0 unspecified atom stereocenters. The van der Waals surface area contributed by atoms with Gasteiger partial charge in [0.25, 0.3) is 11.8 Å². The molecule has 2 amide bonds. The van der Waals surface area contributed by atoms with Gasteiger partial charge in [0.2, 0.25) is 0 Å². The van der Waals surface area contributed by atoms with Crippen LogP contribution in [0.25, 0.3) is 16.3 Å². The van der Waals surface area contributed by atoms with Gasteiger partial charge >= 0.3 is 0 Å². The topological polar surface area (TPSA) is 37.4 Å². The number of carbonyl (C=O) groups is 2. The van der Waals surface area contributed by atoms with E-state index in [1.165, 1.54) is 6.07 Å². The molecule has 3 nitrogen and oxygen atoms in total. The van der Waals surface area contributed by atoms with Crippen molar-refractivity contribution in [3.05, 3.63) is 81.3 Å². The fourth-order valence-electron chi connectivity index (χ4n) is 3.05. The summed E-state index contributed by atoms with van der Waals surface area (Å²) in [6.45, 7) is 0. The Morgan fingerprint density at radius 1 is 0.769 bits per heavy atom. The molecule has 3 aromatic rings. The van der Waals surface area contributed by atoms with E-state index in [2.05, 4.69) is 0 Å². The van der Waals surface area contributed by atoms with Gasteiger partial charge in [0.15, 0.2) is 0 Å². The molecular weight excluding hydrogens is 393 g/mol. The Labute approximate surface area is 164 Å². The molecule has 0 aliphatic carbocycles. The van der Waals surface area contributed by atoms with Crippen LogP contribution in [0.3, 0.4) is 0 Å². The number of hydrogen-bond acceptors (Lipinski definition) is 2. The summed E-state index contributed by atoms with van der Waals surface area (Å²) in [6.07, 6.45) is 0. The van der Waals surface area contributed by atoms with Crippen LogP contribution in [0.5, 0.6) is 0 Å². The third kappa shape index (κ3) is 2.60. The van der Waals surface area contributed by atoms with Crippen LogP contribution < -0.4 is 4.90 Å². The third-order valence-corrected chi connectivity index (χ3v) is 5.13. The maximum absolute atomic E-state index is 13.1. The van der Waals surface area contributed by atoms with E-state index < -0.39 is 11.8 Å². The molecule has 128 valence electrons. The fraction of sp³-hybridized carbons (Fsp3) is 0. The summed E-state index contributed by atoms with van der Waals surface area (Å²) in [5.74, 6) is -1.09. The quantitative estimate of drug-likeness (QED) is 0.518. The number of fused-ring (bicyclic) bond motifs is 1. The molecule has 1 aliphatic heterocycles. The highest BCUT2D eigenvalue weighted by molar-refractivity contribution is 6.61. The molecule has 1 aliphatic rings. The molecule has 0 spiro atoms. The van der Waals surface area contributed by atoms with E-state index in [1.807, 2.05) is 30.3 Å². The average molecular weight is 403 g/mol. The summed E-state index contributed by atoms with van der Waals surface area (Å²) in [4.78, 5) is 26.9. The Morgan fingerprint density at radius 2 is 1.50 bits per heavy atom. The molecular formula is C20H10Cl3NO2. The molecule has 0 N–H and O–H groups in total.